The molecule has 1 saturated carbocycles. The van der Waals surface area contributed by atoms with Crippen LogP contribution >= 0.6 is 0 Å². The highest BCUT2D eigenvalue weighted by molar-refractivity contribution is 5.78. The van der Waals surface area contributed by atoms with Crippen LogP contribution in [0, 0.1) is 5.92 Å². The lowest BCUT2D eigenvalue weighted by Gasteiger charge is -2.27. The SMILES string of the molecule is O=C(CC1CCCCC1)N1CCCC1c1nc2ccccc2[nH]1. The van der Waals surface area contributed by atoms with Gasteiger partial charge in [0.15, 0.2) is 0 Å². The van der Waals surface area contributed by atoms with Crippen LogP contribution in [0.25, 0.3) is 11.0 Å². The third kappa shape index (κ3) is 2.99. The van der Waals surface area contributed by atoms with Crippen molar-refractivity contribution in [3.8, 4) is 0 Å². The Morgan fingerprint density at radius 3 is 2.78 bits per heavy atom. The van der Waals surface area contributed by atoms with Gasteiger partial charge in [-0.3, -0.25) is 4.79 Å². The number of aromatic nitrogens is 2. The van der Waals surface area contributed by atoms with Gasteiger partial charge in [-0.15, -0.1) is 0 Å². The Bertz CT molecular complexity index is 654. The number of para-hydroxylation sites is 2. The van der Waals surface area contributed by atoms with E-state index in [1.807, 2.05) is 18.2 Å². The molecule has 4 nitrogen and oxygen atoms in total. The van der Waals surface area contributed by atoms with E-state index in [0.717, 1.165) is 42.7 Å². The molecule has 23 heavy (non-hydrogen) atoms. The molecule has 1 amide bonds. The third-order valence-corrected chi connectivity index (χ3v) is 5.48. The lowest BCUT2D eigenvalue weighted by Crippen LogP contribution is -2.32. The fourth-order valence-corrected chi connectivity index (χ4v) is 4.24. The van der Waals surface area contributed by atoms with Gasteiger partial charge in [-0.05, 0) is 43.7 Å². The number of carbonyl (C=O) groups excluding carboxylic acids is 1. The normalized spacial score (nSPS) is 22.8. The van der Waals surface area contributed by atoms with Crippen molar-refractivity contribution < 1.29 is 4.79 Å². The number of fused-ring (bicyclic) bond motifs is 1. The number of nitrogens with one attached hydrogen (secondary N) is 1. The topological polar surface area (TPSA) is 49.0 Å². The molecule has 2 aromatic rings. The standard InChI is InChI=1S/C19H25N3O/c23-18(13-14-7-2-1-3-8-14)22-12-6-11-17(22)19-20-15-9-4-5-10-16(15)21-19/h4-5,9-10,14,17H,1-3,6-8,11-13H2,(H,20,21). The molecule has 1 aromatic carbocycles. The van der Waals surface area contributed by atoms with Crippen molar-refractivity contribution in [1.29, 1.82) is 0 Å². The van der Waals surface area contributed by atoms with Gasteiger partial charge in [0, 0.05) is 13.0 Å². The van der Waals surface area contributed by atoms with Crippen LogP contribution in [-0.4, -0.2) is 27.3 Å². The Labute approximate surface area is 137 Å². The Morgan fingerprint density at radius 1 is 1.13 bits per heavy atom. The number of imidazole rings is 1. The van der Waals surface area contributed by atoms with Crippen molar-refractivity contribution in [2.75, 3.05) is 6.54 Å². The fourth-order valence-electron chi connectivity index (χ4n) is 4.24. The molecular formula is C19H25N3O. The first-order chi connectivity index (χ1) is 11.3. The second-order valence-corrected chi connectivity index (χ2v) is 7.09. The summed E-state index contributed by atoms with van der Waals surface area (Å²) in [5, 5.41) is 0. The van der Waals surface area contributed by atoms with Crippen molar-refractivity contribution in [2.24, 2.45) is 5.92 Å². The lowest BCUT2D eigenvalue weighted by atomic mass is 9.86. The number of benzene rings is 1. The summed E-state index contributed by atoms with van der Waals surface area (Å²) in [7, 11) is 0. The number of nitrogens with zero attached hydrogens (tertiary/aromatic N) is 2. The summed E-state index contributed by atoms with van der Waals surface area (Å²) in [6, 6.07) is 8.24. The summed E-state index contributed by atoms with van der Waals surface area (Å²) >= 11 is 0. The second kappa shape index (κ2) is 6.34. The van der Waals surface area contributed by atoms with E-state index in [9.17, 15) is 4.79 Å². The van der Waals surface area contributed by atoms with Crippen molar-refractivity contribution in [1.82, 2.24) is 14.9 Å². The number of likely N-dealkylation sites (tertiary alicyclic amines) is 1. The maximum atomic E-state index is 12.8. The van der Waals surface area contributed by atoms with Gasteiger partial charge in [0.2, 0.25) is 5.91 Å². The van der Waals surface area contributed by atoms with Crippen molar-refractivity contribution in [3.05, 3.63) is 30.1 Å². The molecule has 1 atom stereocenters. The van der Waals surface area contributed by atoms with Gasteiger partial charge in [0.1, 0.15) is 5.82 Å². The molecule has 1 N–H and O–H groups in total. The highest BCUT2D eigenvalue weighted by atomic mass is 16.2. The Hall–Kier alpha value is -1.84. The van der Waals surface area contributed by atoms with Crippen LogP contribution in [-0.2, 0) is 4.79 Å². The summed E-state index contributed by atoms with van der Waals surface area (Å²) in [6.07, 6.45) is 9.24. The molecule has 1 aliphatic carbocycles. The zero-order chi connectivity index (χ0) is 15.6. The molecule has 1 aliphatic heterocycles. The first-order valence-electron chi connectivity index (χ1n) is 9.05. The minimum atomic E-state index is 0.137. The van der Waals surface area contributed by atoms with Crippen molar-refractivity contribution in [3.63, 3.8) is 0 Å². The van der Waals surface area contributed by atoms with Crippen LogP contribution in [0.4, 0.5) is 0 Å². The lowest BCUT2D eigenvalue weighted by molar-refractivity contribution is -0.133. The van der Waals surface area contributed by atoms with E-state index < -0.39 is 0 Å². The van der Waals surface area contributed by atoms with Gasteiger partial charge < -0.3 is 9.88 Å². The van der Waals surface area contributed by atoms with Crippen LogP contribution in [0.15, 0.2) is 24.3 Å². The molecule has 2 aliphatic rings. The first-order valence-corrected chi connectivity index (χ1v) is 9.05. The number of carbonyl (C=O) groups is 1. The molecular weight excluding hydrogens is 286 g/mol. The number of rotatable bonds is 3. The van der Waals surface area contributed by atoms with Gasteiger partial charge in [-0.25, -0.2) is 4.98 Å². The molecule has 0 bridgehead atoms. The van der Waals surface area contributed by atoms with Gasteiger partial charge in [-0.2, -0.15) is 0 Å². The quantitative estimate of drug-likeness (QED) is 0.923. The summed E-state index contributed by atoms with van der Waals surface area (Å²) in [5.41, 5.74) is 2.06. The molecule has 4 rings (SSSR count). The molecule has 2 fully saturated rings. The maximum Gasteiger partial charge on any atom is 0.223 e. The van der Waals surface area contributed by atoms with E-state index in [1.165, 1.54) is 32.1 Å². The fraction of sp³-hybridized carbons (Fsp3) is 0.579. The molecule has 1 saturated heterocycles. The Kier molecular flexibility index (Phi) is 4.06. The van der Waals surface area contributed by atoms with E-state index in [2.05, 4.69) is 16.0 Å². The van der Waals surface area contributed by atoms with Gasteiger partial charge in [0.05, 0.1) is 17.1 Å². The molecule has 4 heteroatoms. The third-order valence-electron chi connectivity index (χ3n) is 5.48. The van der Waals surface area contributed by atoms with Gasteiger partial charge in [-0.1, -0.05) is 31.4 Å². The van der Waals surface area contributed by atoms with Crippen molar-refractivity contribution >= 4 is 16.9 Å². The van der Waals surface area contributed by atoms with E-state index in [0.29, 0.717) is 11.8 Å². The summed E-state index contributed by atoms with van der Waals surface area (Å²) in [5.74, 6) is 1.90. The van der Waals surface area contributed by atoms with Crippen molar-refractivity contribution in [2.45, 2.75) is 57.4 Å². The van der Waals surface area contributed by atoms with E-state index in [1.54, 1.807) is 0 Å². The highest BCUT2D eigenvalue weighted by Crippen LogP contribution is 2.34. The number of hydrogen-bond acceptors (Lipinski definition) is 2. The average molecular weight is 311 g/mol. The van der Waals surface area contributed by atoms with E-state index >= 15 is 0 Å². The van der Waals surface area contributed by atoms with Crippen LogP contribution in [0.2, 0.25) is 0 Å². The summed E-state index contributed by atoms with van der Waals surface area (Å²) in [4.78, 5) is 23.0. The van der Waals surface area contributed by atoms with Gasteiger partial charge >= 0.3 is 0 Å². The maximum absolute atomic E-state index is 12.8. The molecule has 0 spiro atoms. The van der Waals surface area contributed by atoms with Crippen LogP contribution < -0.4 is 0 Å². The summed E-state index contributed by atoms with van der Waals surface area (Å²) in [6.45, 7) is 0.882. The van der Waals surface area contributed by atoms with Crippen LogP contribution in [0.3, 0.4) is 0 Å². The average Bonchev–Trinajstić information content (AvgIpc) is 3.22. The summed E-state index contributed by atoms with van der Waals surface area (Å²) < 4.78 is 0. The highest BCUT2D eigenvalue weighted by Gasteiger charge is 2.33. The number of amides is 1. The molecule has 1 unspecified atom stereocenters. The zero-order valence-electron chi connectivity index (χ0n) is 13.6. The molecule has 122 valence electrons. The smallest absolute Gasteiger partial charge is 0.223 e. The van der Waals surface area contributed by atoms with Crippen LogP contribution in [0.5, 0.6) is 0 Å². The molecule has 2 heterocycles. The Balaban J connectivity index is 1.50. The minimum Gasteiger partial charge on any atom is -0.340 e. The number of aromatic amines is 1. The largest absolute Gasteiger partial charge is 0.340 e. The second-order valence-electron chi connectivity index (χ2n) is 7.09. The first kappa shape index (κ1) is 14.7. The van der Waals surface area contributed by atoms with Gasteiger partial charge in [0.25, 0.3) is 0 Å². The van der Waals surface area contributed by atoms with E-state index in [4.69, 9.17) is 4.98 Å². The molecule has 0 radical (unpaired) electrons. The Morgan fingerprint density at radius 2 is 1.96 bits per heavy atom. The molecule has 1 aromatic heterocycles. The number of hydrogen-bond donors (Lipinski definition) is 1. The zero-order valence-corrected chi connectivity index (χ0v) is 13.6. The predicted molar refractivity (Wildman–Crippen MR) is 91.0 cm³/mol. The van der Waals surface area contributed by atoms with E-state index in [-0.39, 0.29) is 6.04 Å². The predicted octanol–water partition coefficient (Wildman–Crippen LogP) is 4.20. The van der Waals surface area contributed by atoms with Crippen LogP contribution in [0.1, 0.15) is 63.2 Å². The minimum absolute atomic E-state index is 0.137. The number of H-pyrrole nitrogens is 1. The monoisotopic (exact) mass is 311 g/mol.